The van der Waals surface area contributed by atoms with Gasteiger partial charge in [-0.15, -0.1) is 0 Å². The van der Waals surface area contributed by atoms with Gasteiger partial charge in [-0.05, 0) is 78.1 Å². The number of hydroxylamine groups is 1. The summed E-state index contributed by atoms with van der Waals surface area (Å²) >= 11 is 1.50. The molecule has 0 saturated carbocycles. The summed E-state index contributed by atoms with van der Waals surface area (Å²) in [6.45, 7) is 0.552. The van der Waals surface area contributed by atoms with E-state index in [1.807, 2.05) is 164 Å². The van der Waals surface area contributed by atoms with E-state index in [2.05, 4.69) is 25.6 Å². The van der Waals surface area contributed by atoms with Crippen LogP contribution in [0.15, 0.2) is 204 Å². The van der Waals surface area contributed by atoms with E-state index in [0.717, 1.165) is 63.2 Å². The van der Waals surface area contributed by atoms with Crippen LogP contribution in [0.3, 0.4) is 0 Å². The molecule has 1 saturated heterocycles. The maximum absolute atomic E-state index is 12.5. The predicted octanol–water partition coefficient (Wildman–Crippen LogP) is 13.0. The highest BCUT2D eigenvalue weighted by Crippen LogP contribution is 2.41. The summed E-state index contributed by atoms with van der Waals surface area (Å²) in [5.74, 6) is 1.58. The fourth-order valence-corrected chi connectivity index (χ4v) is 9.82. The molecule has 0 aliphatic carbocycles. The lowest BCUT2D eigenvalue weighted by atomic mass is 10.0. The van der Waals surface area contributed by atoms with Gasteiger partial charge in [0.25, 0.3) is 5.22 Å². The molecule has 2 amide bonds. The Morgan fingerprint density at radius 3 is 2.05 bits per heavy atom. The second kappa shape index (κ2) is 28.8. The quantitative estimate of drug-likeness (QED) is 0.00924. The van der Waals surface area contributed by atoms with Crippen molar-refractivity contribution in [3.05, 3.63) is 222 Å². The number of thioether (sulfide) groups is 1. The van der Waals surface area contributed by atoms with E-state index in [9.17, 15) is 19.5 Å². The molecule has 1 fully saturated rings. The Bertz CT molecular complexity index is 3390. The summed E-state index contributed by atoms with van der Waals surface area (Å²) in [7, 11) is 0. The number of nitrogens with two attached hydrogens (primary N) is 1. The van der Waals surface area contributed by atoms with Crippen LogP contribution in [-0.4, -0.2) is 59.7 Å². The maximum Gasteiger partial charge on any atom is 0.256 e. The second-order valence-corrected chi connectivity index (χ2v) is 20.2. The minimum absolute atomic E-state index is 0.0416. The molecular formula is C64H62N8O8S. The average Bonchev–Trinajstić information content (AvgIpc) is 3.96. The monoisotopic (exact) mass is 1100 g/mol. The molecule has 9 aromatic rings. The van der Waals surface area contributed by atoms with Gasteiger partial charge >= 0.3 is 0 Å². The number of ether oxygens (including phenoxy) is 2. The summed E-state index contributed by atoms with van der Waals surface area (Å²) in [6.07, 6.45) is 8.59. The molecule has 3 atom stereocenters. The highest BCUT2D eigenvalue weighted by molar-refractivity contribution is 7.99. The van der Waals surface area contributed by atoms with Crippen molar-refractivity contribution in [2.75, 3.05) is 22.1 Å². The van der Waals surface area contributed by atoms with Gasteiger partial charge in [0, 0.05) is 95.8 Å². The Morgan fingerprint density at radius 2 is 1.35 bits per heavy atom. The molecule has 0 spiro atoms. The number of hydrogen-bond acceptors (Lipinski definition) is 15. The van der Waals surface area contributed by atoms with Gasteiger partial charge in [-0.1, -0.05) is 152 Å². The van der Waals surface area contributed by atoms with Crippen molar-refractivity contribution in [2.45, 2.75) is 81.6 Å². The summed E-state index contributed by atoms with van der Waals surface area (Å²) in [5.41, 5.74) is 17.6. The van der Waals surface area contributed by atoms with Gasteiger partial charge in [-0.2, -0.15) is 0 Å². The largest absolute Gasteiger partial charge is 0.508 e. The summed E-state index contributed by atoms with van der Waals surface area (Å²) in [5, 5.41) is 25.2. The topological polar surface area (TPSA) is 237 Å². The van der Waals surface area contributed by atoms with Crippen LogP contribution in [0.5, 0.6) is 5.75 Å². The van der Waals surface area contributed by atoms with Gasteiger partial charge in [-0.3, -0.25) is 24.6 Å². The van der Waals surface area contributed by atoms with E-state index in [0.29, 0.717) is 78.3 Å². The summed E-state index contributed by atoms with van der Waals surface area (Å²) in [4.78, 5) is 54.0. The molecule has 4 heterocycles. The van der Waals surface area contributed by atoms with Gasteiger partial charge in [0.05, 0.1) is 17.9 Å². The molecule has 3 unspecified atom stereocenters. The van der Waals surface area contributed by atoms with Gasteiger partial charge < -0.3 is 35.4 Å². The van der Waals surface area contributed by atoms with Crippen LogP contribution in [0, 0.1) is 0 Å². The number of aromatic nitrogens is 4. The van der Waals surface area contributed by atoms with E-state index in [4.69, 9.17) is 29.8 Å². The van der Waals surface area contributed by atoms with E-state index in [1.54, 1.807) is 36.2 Å². The first-order valence-corrected chi connectivity index (χ1v) is 27.7. The molecule has 0 bridgehead atoms. The number of hydrogen-bond donors (Lipinski definition) is 6. The van der Waals surface area contributed by atoms with Crippen LogP contribution in [-0.2, 0) is 32.0 Å². The highest BCUT2D eigenvalue weighted by atomic mass is 32.2. The Morgan fingerprint density at radius 1 is 0.667 bits per heavy atom. The minimum Gasteiger partial charge on any atom is -0.508 e. The van der Waals surface area contributed by atoms with Crippen LogP contribution in [0.4, 0.5) is 17.3 Å². The number of para-hydroxylation sites is 1. The number of Topliss-reactive ketones (excluding diaryl/α,β-unsaturated/α-hetero) is 1. The third-order valence-corrected chi connectivity index (χ3v) is 14.3. The Balaban J connectivity index is 0.000000224. The molecule has 17 heteroatoms. The molecule has 10 rings (SSSR count). The number of phenolic OH excluding ortho intramolecular Hbond substituents is 1. The van der Waals surface area contributed by atoms with Crippen molar-refractivity contribution in [3.8, 4) is 39.6 Å². The molecule has 81 heavy (non-hydrogen) atoms. The van der Waals surface area contributed by atoms with Crippen molar-refractivity contribution in [3.63, 3.8) is 0 Å². The number of aromatic hydroxyl groups is 1. The van der Waals surface area contributed by atoms with Crippen molar-refractivity contribution < 1.29 is 38.6 Å². The molecule has 1 aliphatic rings. The fourth-order valence-electron chi connectivity index (χ4n) is 8.98. The Kier molecular flexibility index (Phi) is 20.1. The number of rotatable bonds is 22. The van der Waals surface area contributed by atoms with E-state index >= 15 is 0 Å². The number of carbonyl (C=O) groups is 3. The Labute approximate surface area is 474 Å². The van der Waals surface area contributed by atoms with Crippen LogP contribution >= 0.6 is 11.8 Å². The minimum atomic E-state index is -0.662. The molecule has 0 radical (unpaired) electrons. The third-order valence-electron chi connectivity index (χ3n) is 13.3. The van der Waals surface area contributed by atoms with E-state index in [1.165, 1.54) is 11.8 Å². The molecule has 412 valence electrons. The lowest BCUT2D eigenvalue weighted by Crippen LogP contribution is -2.31. The number of phenols is 1. The highest BCUT2D eigenvalue weighted by Gasteiger charge is 2.33. The lowest BCUT2D eigenvalue weighted by molar-refractivity contribution is -0.245. The maximum atomic E-state index is 12.5. The van der Waals surface area contributed by atoms with Crippen molar-refractivity contribution in [1.29, 1.82) is 0 Å². The van der Waals surface area contributed by atoms with Crippen molar-refractivity contribution in [2.24, 2.45) is 0 Å². The molecule has 6 aromatic carbocycles. The molecule has 7 N–H and O–H groups in total. The first-order chi connectivity index (χ1) is 39.6. The fraction of sp³-hybridized carbons (Fsp3) is 0.203. The number of nitrogens with zero attached hydrogens (tertiary/aromatic N) is 4. The van der Waals surface area contributed by atoms with E-state index in [-0.39, 0.29) is 36.1 Å². The first-order valence-electron chi connectivity index (χ1n) is 26.7. The number of unbranched alkanes of at least 4 members (excludes halogenated alkanes) is 3. The number of amides is 2. The number of benzene rings is 6. The third kappa shape index (κ3) is 16.5. The number of nitrogens with one attached hydrogen (secondary N) is 3. The zero-order valence-corrected chi connectivity index (χ0v) is 45.2. The number of nitrogen functional groups attached to an aromatic ring is 1. The van der Waals surface area contributed by atoms with Crippen LogP contribution in [0.1, 0.15) is 90.0 Å². The van der Waals surface area contributed by atoms with E-state index < -0.39 is 12.2 Å². The van der Waals surface area contributed by atoms with Crippen LogP contribution < -0.4 is 21.8 Å². The van der Waals surface area contributed by atoms with Gasteiger partial charge in [0.2, 0.25) is 17.8 Å². The van der Waals surface area contributed by atoms with Crippen molar-refractivity contribution in [1.82, 2.24) is 25.4 Å². The average molecular weight is 1100 g/mol. The van der Waals surface area contributed by atoms with Crippen LogP contribution in [0.25, 0.3) is 33.8 Å². The normalized spacial score (nSPS) is 14.7. The molecular weight excluding hydrogens is 1040 g/mol. The number of carbonyl (C=O) groups excluding carboxylic acids is 3. The van der Waals surface area contributed by atoms with Gasteiger partial charge in [0.15, 0.2) is 17.8 Å². The number of pyridine rings is 1. The standard InChI is InChI=1S/C40H41N3O7S.C24H21N5O/c44-32-23-19-27(20-24-32)34-25-33(26-51-40-42-37(28-11-5-3-6-12-28)38(50-40)29-13-7-4-8-14-29)48-39(49-34)30-17-21-31(22-18-30)41-35(45)15-9-1-2-10-16-36(46)43-47;25-21-6-2-1-4-19(21)14-23(30)18-9-7-17(8-10-18)15-28-24-27-13-11-22(29-24)20-5-3-12-26-16-20/h3-8,11-14,17-24,33-34,39,44,47H,1-2,9-10,15-16,25-26H2,(H,41,45)(H,43,46);1-13,16H,14-15,25H2,(H,27,28,29). The molecule has 3 aromatic heterocycles. The zero-order valence-electron chi connectivity index (χ0n) is 44.4. The smallest absolute Gasteiger partial charge is 0.256 e. The zero-order chi connectivity index (χ0) is 56.2. The summed E-state index contributed by atoms with van der Waals surface area (Å²) < 4.78 is 19.3. The lowest BCUT2D eigenvalue weighted by Gasteiger charge is -2.36. The molecule has 1 aliphatic heterocycles. The second-order valence-electron chi connectivity index (χ2n) is 19.2. The predicted molar refractivity (Wildman–Crippen MR) is 313 cm³/mol. The molecule has 16 nitrogen and oxygen atoms in total. The SMILES string of the molecule is Nc1ccccc1CC(=O)c1ccc(CNc2nccc(-c3cccnc3)n2)cc1.O=C(CCCCCCC(=O)Nc1ccc(C2OC(CSc3nc(-c4ccccc4)c(-c4ccccc4)o3)CC(c3ccc(O)cc3)O2)cc1)NO. The number of oxazole rings is 1. The number of ketones is 1. The Hall–Kier alpha value is -9.00. The van der Waals surface area contributed by atoms with Gasteiger partial charge in [0.1, 0.15) is 11.4 Å². The van der Waals surface area contributed by atoms with Crippen molar-refractivity contribution >= 4 is 46.7 Å². The first kappa shape index (κ1) is 56.7. The number of anilines is 3. The van der Waals surface area contributed by atoms with Gasteiger partial charge in [-0.25, -0.2) is 20.4 Å². The van der Waals surface area contributed by atoms with Crippen LogP contribution in [0.2, 0.25) is 0 Å². The summed E-state index contributed by atoms with van der Waals surface area (Å²) in [6, 6.07) is 55.1.